The maximum absolute atomic E-state index is 13.6. The van der Waals surface area contributed by atoms with Gasteiger partial charge in [-0.05, 0) is 61.2 Å². The van der Waals surface area contributed by atoms with Gasteiger partial charge in [-0.1, -0.05) is 43.6 Å². The Bertz CT molecular complexity index is 888. The molecule has 0 radical (unpaired) electrons. The van der Waals surface area contributed by atoms with Crippen LogP contribution in [0.4, 0.5) is 8.78 Å². The third-order valence-electron chi connectivity index (χ3n) is 4.71. The zero-order chi connectivity index (χ0) is 20.2. The highest BCUT2D eigenvalue weighted by atomic mass is 35.5. The smallest absolute Gasteiger partial charge is 0.159 e. The van der Waals surface area contributed by atoms with E-state index in [-0.39, 0.29) is 0 Å². The molecule has 0 fully saturated rings. The van der Waals surface area contributed by atoms with E-state index in [9.17, 15) is 8.78 Å². The Hall–Kier alpha value is -1.65. The topological polar surface area (TPSA) is 12.4 Å². The summed E-state index contributed by atoms with van der Waals surface area (Å²) in [6.45, 7) is 9.84. The van der Waals surface area contributed by atoms with Gasteiger partial charge < -0.3 is 0 Å². The van der Waals surface area contributed by atoms with Gasteiger partial charge in [-0.2, -0.15) is 0 Å². The minimum Gasteiger partial charge on any atom is -0.255 e. The lowest BCUT2D eigenvalue weighted by atomic mass is 9.79. The average Bonchev–Trinajstić information content (AvgIpc) is 2.61. The summed E-state index contributed by atoms with van der Waals surface area (Å²) in [5.74, 6) is -0.928. The van der Waals surface area contributed by atoms with Crippen molar-refractivity contribution in [2.24, 2.45) is 4.99 Å². The van der Waals surface area contributed by atoms with Crippen LogP contribution in [0.3, 0.4) is 0 Å². The molecule has 27 heavy (non-hydrogen) atoms. The molecule has 5 heteroatoms. The molecule has 0 saturated heterocycles. The first-order valence-electron chi connectivity index (χ1n) is 8.66. The van der Waals surface area contributed by atoms with Crippen molar-refractivity contribution in [3.8, 4) is 0 Å². The van der Waals surface area contributed by atoms with E-state index in [2.05, 4.69) is 4.99 Å². The Morgan fingerprint density at radius 1 is 1.11 bits per heavy atom. The molecule has 0 amide bonds. The fourth-order valence-electron chi connectivity index (χ4n) is 2.45. The van der Waals surface area contributed by atoms with Gasteiger partial charge in [-0.15, -0.1) is 11.8 Å². The number of aryl methyl sites for hydroxylation is 1. The summed E-state index contributed by atoms with van der Waals surface area (Å²) in [4.78, 5) is 4.52. The number of hydrogen-bond donors (Lipinski definition) is 0. The zero-order valence-electron chi connectivity index (χ0n) is 16.2. The summed E-state index contributed by atoms with van der Waals surface area (Å²) < 4.78 is 26.8. The highest BCUT2D eigenvalue weighted by Gasteiger charge is 2.24. The largest absolute Gasteiger partial charge is 0.255 e. The molecule has 0 N–H and O–H groups in total. The molecule has 2 rings (SSSR count). The van der Waals surface area contributed by atoms with Gasteiger partial charge in [-0.25, -0.2) is 8.78 Å². The van der Waals surface area contributed by atoms with Crippen LogP contribution in [0.15, 0.2) is 53.2 Å². The molecule has 0 atom stereocenters. The Balaban J connectivity index is 2.10. The fraction of sp³-hybridized carbons (Fsp3) is 0.318. The molecule has 0 unspecified atom stereocenters. The van der Waals surface area contributed by atoms with Crippen LogP contribution in [-0.2, 0) is 11.2 Å². The summed E-state index contributed by atoms with van der Waals surface area (Å²) in [5, 5.41) is 1.67. The molecule has 0 spiro atoms. The van der Waals surface area contributed by atoms with Crippen molar-refractivity contribution < 1.29 is 8.78 Å². The molecule has 1 nitrogen and oxygen atoms in total. The van der Waals surface area contributed by atoms with E-state index in [0.717, 1.165) is 38.6 Å². The van der Waals surface area contributed by atoms with Crippen molar-refractivity contribution in [1.82, 2.24) is 0 Å². The van der Waals surface area contributed by atoms with Gasteiger partial charge >= 0.3 is 0 Å². The predicted molar refractivity (Wildman–Crippen MR) is 114 cm³/mol. The van der Waals surface area contributed by atoms with Crippen LogP contribution in [0.5, 0.6) is 0 Å². The lowest BCUT2D eigenvalue weighted by Crippen LogP contribution is -2.19. The molecule has 0 aliphatic heterocycles. The first-order chi connectivity index (χ1) is 12.6. The Labute approximate surface area is 169 Å². The first kappa shape index (κ1) is 21.6. The number of aliphatic imine (C=N–C) groups is 1. The van der Waals surface area contributed by atoms with Crippen LogP contribution in [-0.4, -0.2) is 5.04 Å². The van der Waals surface area contributed by atoms with E-state index in [1.165, 1.54) is 6.07 Å². The Morgan fingerprint density at radius 3 is 2.44 bits per heavy atom. The summed E-state index contributed by atoms with van der Waals surface area (Å²) in [7, 11) is 0. The fourth-order valence-corrected chi connectivity index (χ4v) is 3.58. The summed E-state index contributed by atoms with van der Waals surface area (Å²) in [6.07, 6.45) is 1.79. The number of hydrogen-bond acceptors (Lipinski definition) is 2. The van der Waals surface area contributed by atoms with Crippen molar-refractivity contribution in [2.45, 2.75) is 45.8 Å². The van der Waals surface area contributed by atoms with Crippen molar-refractivity contribution in [3.63, 3.8) is 0 Å². The van der Waals surface area contributed by atoms with E-state index >= 15 is 0 Å². The molecule has 0 aliphatic rings. The van der Waals surface area contributed by atoms with Crippen molar-refractivity contribution in [2.75, 3.05) is 0 Å². The SMILES string of the molecule is CC(=N/C=C(\C)C(C)(C)c1ccc(F)c(F)c1)SCc1ccc(C)cc1Cl. The zero-order valence-corrected chi connectivity index (χ0v) is 17.8. The number of halogens is 3. The molecular formula is C22H24ClF2NS. The third kappa shape index (κ3) is 5.66. The van der Waals surface area contributed by atoms with Gasteiger partial charge in [-0.3, -0.25) is 4.99 Å². The molecule has 0 heterocycles. The maximum Gasteiger partial charge on any atom is 0.159 e. The van der Waals surface area contributed by atoms with Crippen LogP contribution in [0.1, 0.15) is 44.4 Å². The number of allylic oxidation sites excluding steroid dienone is 1. The maximum atomic E-state index is 13.6. The van der Waals surface area contributed by atoms with Crippen molar-refractivity contribution in [1.29, 1.82) is 0 Å². The monoisotopic (exact) mass is 407 g/mol. The van der Waals surface area contributed by atoms with Crippen LogP contribution >= 0.6 is 23.4 Å². The molecule has 0 aliphatic carbocycles. The van der Waals surface area contributed by atoms with Crippen molar-refractivity contribution in [3.05, 3.63) is 81.5 Å². The standard InChI is InChI=1S/C22H24ClF2NS/c1-14-6-7-17(19(23)10-14)13-27-16(3)26-12-15(2)22(4,5)18-8-9-20(24)21(25)11-18/h6-12H,13H2,1-5H3/b15-12+,26-16?. The second-order valence-corrected chi connectivity index (χ2v) is 8.67. The van der Waals surface area contributed by atoms with E-state index in [1.54, 1.807) is 24.0 Å². The predicted octanol–water partition coefficient (Wildman–Crippen LogP) is 7.46. The van der Waals surface area contributed by atoms with Crippen LogP contribution in [0.25, 0.3) is 0 Å². The lowest BCUT2D eigenvalue weighted by Gasteiger charge is -2.26. The normalized spacial score (nSPS) is 13.2. The summed E-state index contributed by atoms with van der Waals surface area (Å²) in [6, 6.07) is 10.1. The molecular weight excluding hydrogens is 384 g/mol. The minimum absolute atomic E-state index is 0.455. The average molecular weight is 408 g/mol. The highest BCUT2D eigenvalue weighted by Crippen LogP contribution is 2.32. The third-order valence-corrected chi connectivity index (χ3v) is 6.04. The van der Waals surface area contributed by atoms with Gasteiger partial charge in [0.15, 0.2) is 11.6 Å². The van der Waals surface area contributed by atoms with Crippen molar-refractivity contribution >= 4 is 28.4 Å². The first-order valence-corrected chi connectivity index (χ1v) is 10.0. The molecule has 2 aromatic rings. The van der Waals surface area contributed by atoms with E-state index < -0.39 is 17.0 Å². The number of rotatable bonds is 5. The molecule has 0 bridgehead atoms. The van der Waals surface area contributed by atoms with Gasteiger partial charge in [0.05, 0.1) is 5.04 Å². The van der Waals surface area contributed by atoms with E-state index in [0.29, 0.717) is 5.56 Å². The molecule has 0 saturated carbocycles. The molecule has 144 valence electrons. The minimum atomic E-state index is -0.837. The summed E-state index contributed by atoms with van der Waals surface area (Å²) >= 11 is 7.88. The Morgan fingerprint density at radius 2 is 1.81 bits per heavy atom. The number of thioether (sulfide) groups is 1. The quantitative estimate of drug-likeness (QED) is 0.370. The number of nitrogens with zero attached hydrogens (tertiary/aromatic N) is 1. The van der Waals surface area contributed by atoms with E-state index in [1.807, 2.05) is 52.8 Å². The second-order valence-electron chi connectivity index (χ2n) is 7.10. The number of benzene rings is 2. The van der Waals surface area contributed by atoms with Gasteiger partial charge in [0.2, 0.25) is 0 Å². The second kappa shape index (κ2) is 9.03. The van der Waals surface area contributed by atoms with Crippen LogP contribution < -0.4 is 0 Å². The van der Waals surface area contributed by atoms with Gasteiger partial charge in [0.25, 0.3) is 0 Å². The highest BCUT2D eigenvalue weighted by molar-refractivity contribution is 8.13. The van der Waals surface area contributed by atoms with Crippen LogP contribution in [0, 0.1) is 18.6 Å². The van der Waals surface area contributed by atoms with Crippen LogP contribution in [0.2, 0.25) is 5.02 Å². The molecule has 0 aromatic heterocycles. The Kier molecular flexibility index (Phi) is 7.24. The lowest BCUT2D eigenvalue weighted by molar-refractivity contribution is 0.501. The van der Waals surface area contributed by atoms with Gasteiger partial charge in [0, 0.05) is 22.4 Å². The molecule has 2 aromatic carbocycles. The summed E-state index contributed by atoms with van der Waals surface area (Å²) in [5.41, 5.74) is 3.43. The van der Waals surface area contributed by atoms with E-state index in [4.69, 9.17) is 11.6 Å². The van der Waals surface area contributed by atoms with Gasteiger partial charge in [0.1, 0.15) is 0 Å².